The predicted octanol–water partition coefficient (Wildman–Crippen LogP) is 4.16. The quantitative estimate of drug-likeness (QED) is 0.488. The fraction of sp³-hybridized carbons (Fsp3) is 1.00. The maximum atomic E-state index is 2.19. The van der Waals surface area contributed by atoms with Crippen molar-refractivity contribution in [3.63, 3.8) is 0 Å². The summed E-state index contributed by atoms with van der Waals surface area (Å²) in [4.78, 5) is 0. The summed E-state index contributed by atoms with van der Waals surface area (Å²) < 4.78 is 0. The summed E-state index contributed by atoms with van der Waals surface area (Å²) in [5.74, 6) is 0. The summed E-state index contributed by atoms with van der Waals surface area (Å²) in [6.07, 6.45) is 0. The average Bonchev–Trinajstić information content (AvgIpc) is 1.12. The van der Waals surface area contributed by atoms with Crippen LogP contribution in [0.1, 0.15) is 55.4 Å². The van der Waals surface area contributed by atoms with E-state index in [1.54, 1.807) is 0 Å². The van der Waals surface area contributed by atoms with Gasteiger partial charge >= 0.3 is 0 Å². The van der Waals surface area contributed by atoms with E-state index in [4.69, 9.17) is 0 Å². The molecule has 0 spiro atoms. The summed E-state index contributed by atoms with van der Waals surface area (Å²) in [7, 11) is 0. The first-order valence-corrected chi connectivity index (χ1v) is 4.00. The summed E-state index contributed by atoms with van der Waals surface area (Å²) >= 11 is 0. The largest absolute Gasteiger partial charge is 0.153 e. The van der Waals surface area contributed by atoms with Crippen molar-refractivity contribution in [1.29, 1.82) is 0 Å². The molecule has 0 aliphatic heterocycles. The average molecular weight is 178 g/mol. The molecule has 0 fully saturated rings. The van der Waals surface area contributed by atoms with Gasteiger partial charge in [0.1, 0.15) is 0 Å². The van der Waals surface area contributed by atoms with Crippen LogP contribution in [0.3, 0.4) is 0 Å². The Hall–Kier alpha value is 0.430. The van der Waals surface area contributed by atoms with Crippen LogP contribution in [-0.4, -0.2) is 0 Å². The first kappa shape index (κ1) is 17.5. The van der Waals surface area contributed by atoms with Crippen LogP contribution < -0.4 is 0 Å². The molecular formula is C10H27P. The molecule has 0 aromatic rings. The van der Waals surface area contributed by atoms with E-state index < -0.39 is 0 Å². The summed E-state index contributed by atoms with van der Waals surface area (Å²) in [6.45, 7) is 17.5. The highest BCUT2D eigenvalue weighted by molar-refractivity contribution is 6.92. The lowest BCUT2D eigenvalue weighted by Gasteiger charge is -2.05. The first-order valence-electron chi connectivity index (χ1n) is 4.00. The molecule has 0 aliphatic rings. The molecule has 0 amide bonds. The van der Waals surface area contributed by atoms with E-state index in [9.17, 15) is 0 Å². The fourth-order valence-corrected chi connectivity index (χ4v) is 0. The first-order chi connectivity index (χ1) is 4.00. The topological polar surface area (TPSA) is 0 Å². The van der Waals surface area contributed by atoms with Crippen LogP contribution in [0.4, 0.5) is 0 Å². The second-order valence-electron chi connectivity index (χ2n) is 6.00. The Morgan fingerprint density at radius 2 is 0.455 bits per heavy atom. The van der Waals surface area contributed by atoms with Gasteiger partial charge in [-0.15, -0.1) is 0 Å². The second kappa shape index (κ2) is 6.00. The number of rotatable bonds is 0. The lowest BCUT2D eigenvalue weighted by atomic mass is 10.0. The van der Waals surface area contributed by atoms with Gasteiger partial charge in [-0.05, 0) is 10.8 Å². The maximum absolute atomic E-state index is 2.19. The molecule has 1 unspecified atom stereocenters. The SMILES string of the molecule is CC(C)(C)C.CC(C)(C)C.P. The molecule has 0 rings (SSSR count). The highest BCUT2D eigenvalue weighted by Crippen LogP contribution is 2.08. The molecule has 0 saturated carbocycles. The van der Waals surface area contributed by atoms with Crippen molar-refractivity contribution in [3.8, 4) is 0 Å². The Kier molecular flexibility index (Phi) is 9.55. The third-order valence-corrected chi connectivity index (χ3v) is 0. The van der Waals surface area contributed by atoms with Gasteiger partial charge in [0.15, 0.2) is 0 Å². The van der Waals surface area contributed by atoms with E-state index in [0.717, 1.165) is 0 Å². The molecule has 1 atom stereocenters. The molecule has 0 aromatic heterocycles. The van der Waals surface area contributed by atoms with E-state index in [1.165, 1.54) is 0 Å². The Morgan fingerprint density at radius 1 is 0.455 bits per heavy atom. The Labute approximate surface area is 76.8 Å². The van der Waals surface area contributed by atoms with E-state index in [-0.39, 0.29) is 9.90 Å². The van der Waals surface area contributed by atoms with Gasteiger partial charge in [-0.2, -0.15) is 9.90 Å². The van der Waals surface area contributed by atoms with E-state index >= 15 is 0 Å². The van der Waals surface area contributed by atoms with Gasteiger partial charge in [-0.3, -0.25) is 0 Å². The zero-order chi connectivity index (χ0) is 9.00. The normalized spacial score (nSPS) is 10.9. The van der Waals surface area contributed by atoms with Crippen molar-refractivity contribution < 1.29 is 0 Å². The zero-order valence-corrected chi connectivity index (χ0v) is 11.1. The molecular weight excluding hydrogens is 151 g/mol. The minimum absolute atomic E-state index is 0. The standard InChI is InChI=1S/2C5H12.H3P/c2*1-5(2,3)4;/h2*1-4H3;1H3. The highest BCUT2D eigenvalue weighted by atomic mass is 31.0. The van der Waals surface area contributed by atoms with Crippen LogP contribution in [0.5, 0.6) is 0 Å². The molecule has 0 aromatic carbocycles. The van der Waals surface area contributed by atoms with Crippen molar-refractivity contribution in [1.82, 2.24) is 0 Å². The van der Waals surface area contributed by atoms with Gasteiger partial charge in [0, 0.05) is 0 Å². The minimum Gasteiger partial charge on any atom is -0.153 e. The molecule has 0 aliphatic carbocycles. The van der Waals surface area contributed by atoms with Gasteiger partial charge < -0.3 is 0 Å². The molecule has 0 saturated heterocycles. The van der Waals surface area contributed by atoms with Crippen LogP contribution >= 0.6 is 9.90 Å². The summed E-state index contributed by atoms with van der Waals surface area (Å²) in [6, 6.07) is 0. The van der Waals surface area contributed by atoms with Gasteiger partial charge in [-0.25, -0.2) is 0 Å². The van der Waals surface area contributed by atoms with Gasteiger partial charge in [0.05, 0.1) is 0 Å². The highest BCUT2D eigenvalue weighted by Gasteiger charge is 1.96. The third kappa shape index (κ3) is 4010. The molecule has 0 nitrogen and oxygen atoms in total. The molecule has 0 bridgehead atoms. The molecule has 0 heterocycles. The van der Waals surface area contributed by atoms with Crippen LogP contribution in [0.25, 0.3) is 0 Å². The lowest BCUT2D eigenvalue weighted by molar-refractivity contribution is 0.469. The minimum atomic E-state index is 0. The van der Waals surface area contributed by atoms with Gasteiger partial charge in [0.25, 0.3) is 0 Å². The molecule has 0 N–H and O–H groups in total. The Bertz CT molecular complexity index is 47.9. The van der Waals surface area contributed by atoms with Crippen molar-refractivity contribution in [2.24, 2.45) is 10.8 Å². The van der Waals surface area contributed by atoms with Crippen LogP contribution in [-0.2, 0) is 0 Å². The van der Waals surface area contributed by atoms with Crippen LogP contribution in [0.2, 0.25) is 0 Å². The van der Waals surface area contributed by atoms with Gasteiger partial charge in [0.2, 0.25) is 0 Å². The van der Waals surface area contributed by atoms with Crippen molar-refractivity contribution >= 4 is 9.90 Å². The molecule has 1 heteroatoms. The third-order valence-electron chi connectivity index (χ3n) is 0. The Balaban J connectivity index is -0.000000107. The molecule has 0 radical (unpaired) electrons. The number of hydrogen-bond acceptors (Lipinski definition) is 0. The van der Waals surface area contributed by atoms with Crippen molar-refractivity contribution in [2.45, 2.75) is 55.4 Å². The fourth-order valence-electron chi connectivity index (χ4n) is 0. The molecule has 11 heavy (non-hydrogen) atoms. The van der Waals surface area contributed by atoms with Crippen LogP contribution in [0, 0.1) is 10.8 Å². The van der Waals surface area contributed by atoms with E-state index in [2.05, 4.69) is 55.4 Å². The summed E-state index contributed by atoms with van der Waals surface area (Å²) in [5.41, 5.74) is 1.00. The maximum Gasteiger partial charge on any atom is -0.0411 e. The predicted molar refractivity (Wildman–Crippen MR) is 61.4 cm³/mol. The summed E-state index contributed by atoms with van der Waals surface area (Å²) in [5, 5.41) is 0. The number of hydrogen-bond donors (Lipinski definition) is 0. The zero-order valence-electron chi connectivity index (χ0n) is 9.71. The Morgan fingerprint density at radius 3 is 0.455 bits per heavy atom. The second-order valence-corrected chi connectivity index (χ2v) is 6.00. The molecule has 72 valence electrons. The monoisotopic (exact) mass is 178 g/mol. The lowest BCUT2D eigenvalue weighted by Crippen LogP contribution is -1.93. The van der Waals surface area contributed by atoms with Crippen molar-refractivity contribution in [3.05, 3.63) is 0 Å². The van der Waals surface area contributed by atoms with E-state index in [1.807, 2.05) is 0 Å². The van der Waals surface area contributed by atoms with Crippen molar-refractivity contribution in [2.75, 3.05) is 0 Å². The van der Waals surface area contributed by atoms with E-state index in [0.29, 0.717) is 10.8 Å². The van der Waals surface area contributed by atoms with Gasteiger partial charge in [-0.1, -0.05) is 55.4 Å². The van der Waals surface area contributed by atoms with Crippen LogP contribution in [0.15, 0.2) is 0 Å². The smallest absolute Gasteiger partial charge is 0.0411 e.